The highest BCUT2D eigenvalue weighted by Gasteiger charge is 2.00. The van der Waals surface area contributed by atoms with Crippen LogP contribution in [0.1, 0.15) is 17.5 Å². The molecule has 0 saturated carbocycles. The van der Waals surface area contributed by atoms with Crippen LogP contribution in [0.3, 0.4) is 0 Å². The van der Waals surface area contributed by atoms with Crippen LogP contribution < -0.4 is 0 Å². The molecule has 0 amide bonds. The van der Waals surface area contributed by atoms with Gasteiger partial charge in [-0.3, -0.25) is 4.68 Å². The molecule has 3 nitrogen and oxygen atoms in total. The van der Waals surface area contributed by atoms with Crippen molar-refractivity contribution in [2.24, 2.45) is 0 Å². The molecule has 0 aliphatic heterocycles. The third-order valence-corrected chi connectivity index (χ3v) is 2.33. The van der Waals surface area contributed by atoms with Crippen LogP contribution in [0.15, 0.2) is 36.7 Å². The van der Waals surface area contributed by atoms with E-state index in [1.807, 2.05) is 18.3 Å². The van der Waals surface area contributed by atoms with E-state index in [2.05, 4.69) is 16.9 Å². The molecule has 0 unspecified atom stereocenters. The number of rotatable bonds is 3. The lowest BCUT2D eigenvalue weighted by Gasteiger charge is -2.03. The maximum atomic E-state index is 13.4. The van der Waals surface area contributed by atoms with Crippen LogP contribution in [0.4, 0.5) is 4.39 Å². The van der Waals surface area contributed by atoms with Crippen molar-refractivity contribution in [1.82, 2.24) is 9.78 Å². The van der Waals surface area contributed by atoms with Crippen LogP contribution in [0.2, 0.25) is 0 Å². The Hall–Kier alpha value is -2.12. The van der Waals surface area contributed by atoms with E-state index in [9.17, 15) is 4.39 Å². The Bertz CT molecular complexity index is 567. The van der Waals surface area contributed by atoms with E-state index in [1.54, 1.807) is 10.9 Å². The van der Waals surface area contributed by atoms with Gasteiger partial charge in [0.1, 0.15) is 5.82 Å². The second kappa shape index (κ2) is 5.99. The molecule has 0 aliphatic carbocycles. The zero-order chi connectivity index (χ0) is 12.8. The number of hydrogen-bond donors (Lipinski definition) is 1. The summed E-state index contributed by atoms with van der Waals surface area (Å²) >= 11 is 0. The topological polar surface area (TPSA) is 38.0 Å². The summed E-state index contributed by atoms with van der Waals surface area (Å²) in [6.45, 7) is 0.530. The first kappa shape index (κ1) is 12.3. The van der Waals surface area contributed by atoms with Gasteiger partial charge in [0, 0.05) is 24.4 Å². The van der Waals surface area contributed by atoms with E-state index in [0.717, 1.165) is 5.56 Å². The highest BCUT2D eigenvalue weighted by atomic mass is 19.1. The van der Waals surface area contributed by atoms with Gasteiger partial charge < -0.3 is 5.11 Å². The van der Waals surface area contributed by atoms with Gasteiger partial charge in [-0.1, -0.05) is 11.8 Å². The molecule has 0 bridgehead atoms. The number of halogens is 1. The van der Waals surface area contributed by atoms with E-state index in [4.69, 9.17) is 5.11 Å². The predicted molar refractivity (Wildman–Crippen MR) is 66.3 cm³/mol. The number of aliphatic hydroxyl groups is 1. The molecule has 2 aromatic rings. The van der Waals surface area contributed by atoms with Crippen LogP contribution in [0.5, 0.6) is 0 Å². The summed E-state index contributed by atoms with van der Waals surface area (Å²) in [5, 5.41) is 12.7. The van der Waals surface area contributed by atoms with Crippen LogP contribution in [-0.2, 0) is 6.54 Å². The first-order valence-electron chi connectivity index (χ1n) is 5.64. The van der Waals surface area contributed by atoms with E-state index < -0.39 is 0 Å². The average Bonchev–Trinajstić information content (AvgIpc) is 2.81. The fourth-order valence-corrected chi connectivity index (χ4v) is 1.62. The zero-order valence-electron chi connectivity index (χ0n) is 9.81. The van der Waals surface area contributed by atoms with Gasteiger partial charge in [-0.05, 0) is 29.8 Å². The third-order valence-electron chi connectivity index (χ3n) is 2.33. The number of aromatic nitrogens is 2. The second-order valence-electron chi connectivity index (χ2n) is 3.83. The van der Waals surface area contributed by atoms with Crippen molar-refractivity contribution in [2.45, 2.75) is 13.0 Å². The van der Waals surface area contributed by atoms with Crippen molar-refractivity contribution < 1.29 is 9.50 Å². The van der Waals surface area contributed by atoms with Crippen LogP contribution in [-0.4, -0.2) is 21.5 Å². The van der Waals surface area contributed by atoms with Gasteiger partial charge in [0.25, 0.3) is 0 Å². The molecule has 0 aliphatic rings. The van der Waals surface area contributed by atoms with Gasteiger partial charge in [-0.15, -0.1) is 0 Å². The fourth-order valence-electron chi connectivity index (χ4n) is 1.62. The van der Waals surface area contributed by atoms with Crippen LogP contribution in [0, 0.1) is 17.7 Å². The number of hydrogen-bond acceptors (Lipinski definition) is 2. The minimum Gasteiger partial charge on any atom is -0.395 e. The summed E-state index contributed by atoms with van der Waals surface area (Å²) in [4.78, 5) is 0. The summed E-state index contributed by atoms with van der Waals surface area (Å²) in [5.41, 5.74) is 1.43. The Morgan fingerprint density at radius 2 is 2.22 bits per heavy atom. The Labute approximate surface area is 105 Å². The number of benzene rings is 1. The molecular formula is C14H13FN2O. The monoisotopic (exact) mass is 244 g/mol. The lowest BCUT2D eigenvalue weighted by molar-refractivity contribution is 0.305. The van der Waals surface area contributed by atoms with Gasteiger partial charge in [-0.25, -0.2) is 4.39 Å². The summed E-state index contributed by atoms with van der Waals surface area (Å²) < 4.78 is 15.1. The molecule has 0 fully saturated rings. The molecule has 1 aromatic carbocycles. The standard InChI is InChI=1S/C14H13FN2O/c15-14-9-12(4-1-2-7-18)8-13(10-14)11-17-6-3-5-16-17/h3,5-6,8-10,18H,2,7,11H2. The average molecular weight is 244 g/mol. The molecule has 0 spiro atoms. The highest BCUT2D eigenvalue weighted by Crippen LogP contribution is 2.10. The van der Waals surface area contributed by atoms with E-state index in [-0.39, 0.29) is 12.4 Å². The summed E-state index contributed by atoms with van der Waals surface area (Å²) in [7, 11) is 0. The molecule has 4 heteroatoms. The summed E-state index contributed by atoms with van der Waals surface area (Å²) in [5.74, 6) is 5.29. The molecule has 0 saturated heterocycles. The number of aliphatic hydroxyl groups excluding tert-OH is 1. The van der Waals surface area contributed by atoms with Gasteiger partial charge in [0.2, 0.25) is 0 Å². The lowest BCUT2D eigenvalue weighted by atomic mass is 10.1. The van der Waals surface area contributed by atoms with Crippen molar-refractivity contribution in [3.8, 4) is 11.8 Å². The molecule has 1 heterocycles. The van der Waals surface area contributed by atoms with Gasteiger partial charge in [0.05, 0.1) is 13.2 Å². The quantitative estimate of drug-likeness (QED) is 0.836. The lowest BCUT2D eigenvalue weighted by Crippen LogP contribution is -2.00. The fraction of sp³-hybridized carbons (Fsp3) is 0.214. The highest BCUT2D eigenvalue weighted by molar-refractivity contribution is 5.37. The van der Waals surface area contributed by atoms with Crippen molar-refractivity contribution in [2.75, 3.05) is 6.61 Å². The van der Waals surface area contributed by atoms with E-state index in [1.165, 1.54) is 12.1 Å². The molecule has 92 valence electrons. The Kier molecular flexibility index (Phi) is 4.11. The number of nitrogens with zero attached hydrogens (tertiary/aromatic N) is 2. The van der Waals surface area contributed by atoms with Crippen LogP contribution >= 0.6 is 0 Å². The Morgan fingerprint density at radius 1 is 1.33 bits per heavy atom. The molecule has 0 atom stereocenters. The molecule has 0 radical (unpaired) electrons. The SMILES string of the molecule is OCCC#Cc1cc(F)cc(Cn2cccn2)c1. The van der Waals surface area contributed by atoms with Gasteiger partial charge in [0.15, 0.2) is 0 Å². The van der Waals surface area contributed by atoms with Crippen LogP contribution in [0.25, 0.3) is 0 Å². The molecular weight excluding hydrogens is 231 g/mol. The van der Waals surface area contributed by atoms with Gasteiger partial charge in [-0.2, -0.15) is 5.10 Å². The molecule has 1 N–H and O–H groups in total. The minimum atomic E-state index is -0.312. The maximum absolute atomic E-state index is 13.4. The van der Waals surface area contributed by atoms with Crippen molar-refractivity contribution in [3.05, 3.63) is 53.6 Å². The van der Waals surface area contributed by atoms with Crippen molar-refractivity contribution >= 4 is 0 Å². The summed E-state index contributed by atoms with van der Waals surface area (Å²) in [6, 6.07) is 6.51. The molecule has 1 aromatic heterocycles. The molecule has 18 heavy (non-hydrogen) atoms. The summed E-state index contributed by atoms with van der Waals surface area (Å²) in [6.07, 6.45) is 3.90. The largest absolute Gasteiger partial charge is 0.395 e. The van der Waals surface area contributed by atoms with E-state index >= 15 is 0 Å². The maximum Gasteiger partial charge on any atom is 0.124 e. The Morgan fingerprint density at radius 3 is 2.94 bits per heavy atom. The molecule has 2 rings (SSSR count). The van der Waals surface area contributed by atoms with Crippen molar-refractivity contribution in [1.29, 1.82) is 0 Å². The minimum absolute atomic E-state index is 0.0163. The smallest absolute Gasteiger partial charge is 0.124 e. The van der Waals surface area contributed by atoms with E-state index in [0.29, 0.717) is 18.5 Å². The first-order valence-corrected chi connectivity index (χ1v) is 5.64. The zero-order valence-corrected chi connectivity index (χ0v) is 9.81. The Balaban J connectivity index is 2.19. The first-order chi connectivity index (χ1) is 8.78. The predicted octanol–water partition coefficient (Wildman–Crippen LogP) is 1.80. The third kappa shape index (κ3) is 3.44. The second-order valence-corrected chi connectivity index (χ2v) is 3.83. The van der Waals surface area contributed by atoms with Crippen molar-refractivity contribution in [3.63, 3.8) is 0 Å². The normalized spacial score (nSPS) is 9.89. The van der Waals surface area contributed by atoms with Gasteiger partial charge >= 0.3 is 0 Å².